The molecule has 5 heteroatoms. The van der Waals surface area contributed by atoms with Gasteiger partial charge in [-0.2, -0.15) is 0 Å². The first kappa shape index (κ1) is 14.7. The molecule has 0 spiro atoms. The predicted molar refractivity (Wildman–Crippen MR) is 81.9 cm³/mol. The maximum absolute atomic E-state index is 13.1. The normalized spacial score (nSPS) is 18.5. The standard InChI is InChI=1S/C17H17FN2O2/c18-15-9-7-13(8-10-15)16-6-3-11-19(16)12-14-4-1-2-5-17(14)20(21)22/h1-2,4-5,7-10,16H,3,6,11-12H2. The molecular formula is C17H17FN2O2. The summed E-state index contributed by atoms with van der Waals surface area (Å²) in [6.45, 7) is 1.44. The van der Waals surface area contributed by atoms with E-state index in [0.717, 1.165) is 30.5 Å². The van der Waals surface area contributed by atoms with Crippen molar-refractivity contribution in [3.05, 3.63) is 75.6 Å². The number of nitrogens with zero attached hydrogens (tertiary/aromatic N) is 2. The molecule has 0 aliphatic carbocycles. The van der Waals surface area contributed by atoms with Gasteiger partial charge < -0.3 is 0 Å². The van der Waals surface area contributed by atoms with Crippen LogP contribution >= 0.6 is 0 Å². The minimum Gasteiger partial charge on any atom is -0.292 e. The second-order valence-electron chi connectivity index (χ2n) is 5.57. The quantitative estimate of drug-likeness (QED) is 0.631. The first-order valence-electron chi connectivity index (χ1n) is 7.37. The summed E-state index contributed by atoms with van der Waals surface area (Å²) in [6, 6.07) is 13.6. The Balaban J connectivity index is 1.82. The molecule has 2 aromatic carbocycles. The first-order valence-corrected chi connectivity index (χ1v) is 7.37. The Morgan fingerprint density at radius 2 is 1.91 bits per heavy atom. The summed E-state index contributed by atoms with van der Waals surface area (Å²) in [5.41, 5.74) is 1.95. The smallest absolute Gasteiger partial charge is 0.273 e. The summed E-state index contributed by atoms with van der Waals surface area (Å²) in [5, 5.41) is 11.1. The average molecular weight is 300 g/mol. The van der Waals surface area contributed by atoms with Gasteiger partial charge in [0.05, 0.1) is 4.92 Å². The van der Waals surface area contributed by atoms with Crippen LogP contribution in [0, 0.1) is 15.9 Å². The highest BCUT2D eigenvalue weighted by molar-refractivity contribution is 5.40. The summed E-state index contributed by atoms with van der Waals surface area (Å²) in [6.07, 6.45) is 2.04. The van der Waals surface area contributed by atoms with Gasteiger partial charge >= 0.3 is 0 Å². The monoisotopic (exact) mass is 300 g/mol. The molecule has 1 aliphatic rings. The lowest BCUT2D eigenvalue weighted by atomic mass is 10.0. The number of hydrogen-bond donors (Lipinski definition) is 0. The number of para-hydroxylation sites is 1. The van der Waals surface area contributed by atoms with Crippen LogP contribution in [0.3, 0.4) is 0 Å². The fourth-order valence-corrected chi connectivity index (χ4v) is 3.12. The lowest BCUT2D eigenvalue weighted by Crippen LogP contribution is -2.23. The maximum Gasteiger partial charge on any atom is 0.273 e. The number of benzene rings is 2. The van der Waals surface area contributed by atoms with Crippen molar-refractivity contribution in [2.75, 3.05) is 6.54 Å². The number of halogens is 1. The number of nitro groups is 1. The Hall–Kier alpha value is -2.27. The van der Waals surface area contributed by atoms with Gasteiger partial charge in [0.25, 0.3) is 5.69 Å². The fraction of sp³-hybridized carbons (Fsp3) is 0.294. The van der Waals surface area contributed by atoms with Gasteiger partial charge in [0.2, 0.25) is 0 Å². The fourth-order valence-electron chi connectivity index (χ4n) is 3.12. The molecule has 0 aromatic heterocycles. The SMILES string of the molecule is O=[N+]([O-])c1ccccc1CN1CCCC1c1ccc(F)cc1. The van der Waals surface area contributed by atoms with Gasteiger partial charge in [0.15, 0.2) is 0 Å². The lowest BCUT2D eigenvalue weighted by molar-refractivity contribution is -0.385. The zero-order chi connectivity index (χ0) is 15.5. The molecule has 1 heterocycles. The highest BCUT2D eigenvalue weighted by atomic mass is 19.1. The number of rotatable bonds is 4. The molecule has 1 fully saturated rings. The summed E-state index contributed by atoms with van der Waals surface area (Å²) in [5.74, 6) is -0.244. The van der Waals surface area contributed by atoms with E-state index >= 15 is 0 Å². The van der Waals surface area contributed by atoms with Crippen LogP contribution in [0.5, 0.6) is 0 Å². The molecule has 3 rings (SSSR count). The van der Waals surface area contributed by atoms with Crippen molar-refractivity contribution < 1.29 is 9.31 Å². The average Bonchev–Trinajstić information content (AvgIpc) is 2.96. The largest absolute Gasteiger partial charge is 0.292 e. The number of hydrogen-bond acceptors (Lipinski definition) is 3. The molecule has 1 unspecified atom stereocenters. The van der Waals surface area contributed by atoms with Gasteiger partial charge in [-0.15, -0.1) is 0 Å². The molecule has 0 amide bonds. The molecule has 0 saturated carbocycles. The van der Waals surface area contributed by atoms with Crippen molar-refractivity contribution in [2.24, 2.45) is 0 Å². The van der Waals surface area contributed by atoms with Crippen LogP contribution < -0.4 is 0 Å². The molecular weight excluding hydrogens is 283 g/mol. The number of nitro benzene ring substituents is 1. The van der Waals surface area contributed by atoms with E-state index in [1.54, 1.807) is 24.3 Å². The van der Waals surface area contributed by atoms with E-state index in [0.29, 0.717) is 6.54 Å². The van der Waals surface area contributed by atoms with Crippen LogP contribution in [-0.4, -0.2) is 16.4 Å². The molecule has 114 valence electrons. The molecule has 22 heavy (non-hydrogen) atoms. The third-order valence-corrected chi connectivity index (χ3v) is 4.18. The van der Waals surface area contributed by atoms with Gasteiger partial charge in [-0.3, -0.25) is 15.0 Å². The zero-order valence-corrected chi connectivity index (χ0v) is 12.1. The third kappa shape index (κ3) is 2.99. The van der Waals surface area contributed by atoms with E-state index < -0.39 is 0 Å². The van der Waals surface area contributed by atoms with Gasteiger partial charge in [-0.25, -0.2) is 4.39 Å². The highest BCUT2D eigenvalue weighted by Gasteiger charge is 2.27. The summed E-state index contributed by atoms with van der Waals surface area (Å²) >= 11 is 0. The van der Waals surface area contributed by atoms with Crippen molar-refractivity contribution in [2.45, 2.75) is 25.4 Å². The molecule has 2 aromatic rings. The highest BCUT2D eigenvalue weighted by Crippen LogP contribution is 2.34. The maximum atomic E-state index is 13.1. The molecule has 1 saturated heterocycles. The van der Waals surface area contributed by atoms with Crippen molar-refractivity contribution in [3.8, 4) is 0 Å². The molecule has 1 aliphatic heterocycles. The molecule has 1 atom stereocenters. The van der Waals surface area contributed by atoms with Crippen LogP contribution in [0.15, 0.2) is 48.5 Å². The van der Waals surface area contributed by atoms with Gasteiger partial charge in [0.1, 0.15) is 5.82 Å². The molecule has 0 radical (unpaired) electrons. The Morgan fingerprint density at radius 3 is 2.64 bits per heavy atom. The third-order valence-electron chi connectivity index (χ3n) is 4.18. The van der Waals surface area contributed by atoms with Gasteiger partial charge in [0, 0.05) is 24.2 Å². The van der Waals surface area contributed by atoms with Crippen LogP contribution in [0.25, 0.3) is 0 Å². The van der Waals surface area contributed by atoms with Crippen molar-refractivity contribution in [1.29, 1.82) is 0 Å². The molecule has 0 bridgehead atoms. The number of likely N-dealkylation sites (tertiary alicyclic amines) is 1. The van der Waals surface area contributed by atoms with E-state index in [1.807, 2.05) is 6.07 Å². The minimum atomic E-state index is -0.335. The molecule has 4 nitrogen and oxygen atoms in total. The zero-order valence-electron chi connectivity index (χ0n) is 12.1. The summed E-state index contributed by atoms with van der Waals surface area (Å²) in [7, 11) is 0. The van der Waals surface area contributed by atoms with E-state index in [1.165, 1.54) is 18.2 Å². The van der Waals surface area contributed by atoms with E-state index in [9.17, 15) is 14.5 Å². The Labute approximate surface area is 128 Å². The van der Waals surface area contributed by atoms with Crippen molar-refractivity contribution in [3.63, 3.8) is 0 Å². The van der Waals surface area contributed by atoms with Crippen molar-refractivity contribution >= 4 is 5.69 Å². The van der Waals surface area contributed by atoms with E-state index in [-0.39, 0.29) is 22.5 Å². The van der Waals surface area contributed by atoms with Crippen LogP contribution in [0.4, 0.5) is 10.1 Å². The van der Waals surface area contributed by atoms with E-state index in [4.69, 9.17) is 0 Å². The van der Waals surface area contributed by atoms with Crippen molar-refractivity contribution in [1.82, 2.24) is 4.90 Å². The van der Waals surface area contributed by atoms with Gasteiger partial charge in [-0.05, 0) is 37.1 Å². The topological polar surface area (TPSA) is 46.4 Å². The van der Waals surface area contributed by atoms with Crippen LogP contribution in [0.2, 0.25) is 0 Å². The lowest BCUT2D eigenvalue weighted by Gasteiger charge is -2.24. The summed E-state index contributed by atoms with van der Waals surface area (Å²) in [4.78, 5) is 13.0. The Morgan fingerprint density at radius 1 is 1.18 bits per heavy atom. The van der Waals surface area contributed by atoms with Gasteiger partial charge in [-0.1, -0.05) is 30.3 Å². The second kappa shape index (κ2) is 6.23. The predicted octanol–water partition coefficient (Wildman–Crippen LogP) is 4.07. The summed E-state index contributed by atoms with van der Waals surface area (Å²) < 4.78 is 13.1. The minimum absolute atomic E-state index is 0.159. The second-order valence-corrected chi connectivity index (χ2v) is 5.57. The Kier molecular flexibility index (Phi) is 4.15. The Bertz CT molecular complexity index is 673. The molecule has 0 N–H and O–H groups in total. The van der Waals surface area contributed by atoms with Crippen LogP contribution in [-0.2, 0) is 6.54 Å². The van der Waals surface area contributed by atoms with E-state index in [2.05, 4.69) is 4.90 Å². The van der Waals surface area contributed by atoms with Crippen LogP contribution in [0.1, 0.15) is 30.0 Å². The first-order chi connectivity index (χ1) is 10.6.